The fraction of sp³-hybridized carbons (Fsp3) is 0.550. The number of likely N-dealkylation sites (tertiary alicyclic amines) is 1. The van der Waals surface area contributed by atoms with Crippen LogP contribution >= 0.6 is 0 Å². The number of carboxylic acids is 1. The number of amides is 1. The molecule has 28 heavy (non-hydrogen) atoms. The molecule has 1 aliphatic rings. The minimum absolute atomic E-state index is 0. The van der Waals surface area contributed by atoms with Gasteiger partial charge in [-0.25, -0.2) is 4.79 Å². The number of hydrogen-bond acceptors (Lipinski definition) is 5. The third kappa shape index (κ3) is 7.03. The van der Waals surface area contributed by atoms with Gasteiger partial charge >= 0.3 is 49.7 Å². The molecule has 1 aromatic rings. The first-order valence-corrected chi connectivity index (χ1v) is 9.44. The summed E-state index contributed by atoms with van der Waals surface area (Å²) < 4.78 is 5.14. The number of hydrogen-bond donors (Lipinski definition) is 2. The maximum absolute atomic E-state index is 12.7. The number of nitrogens with zero attached hydrogens (tertiary/aromatic N) is 1. The molecule has 7 nitrogen and oxygen atoms in total. The van der Waals surface area contributed by atoms with E-state index in [4.69, 9.17) is 4.74 Å². The number of carboxylic acid groups (broad SMARTS) is 1. The second-order valence-electron chi connectivity index (χ2n) is 6.75. The van der Waals surface area contributed by atoms with E-state index < -0.39 is 30.1 Å². The summed E-state index contributed by atoms with van der Waals surface area (Å²) in [6.45, 7) is 4.09. The predicted molar refractivity (Wildman–Crippen MR) is 108 cm³/mol. The molecule has 1 fully saturated rings. The minimum atomic E-state index is -0.987. The first-order valence-electron chi connectivity index (χ1n) is 9.44. The van der Waals surface area contributed by atoms with Gasteiger partial charge in [-0.3, -0.25) is 14.9 Å². The largest absolute Gasteiger partial charge is 2.00 e. The molecule has 2 N–H and O–H groups in total. The Morgan fingerprint density at radius 1 is 1.32 bits per heavy atom. The van der Waals surface area contributed by atoms with Gasteiger partial charge in [0.1, 0.15) is 12.1 Å². The van der Waals surface area contributed by atoms with E-state index >= 15 is 0 Å². The first kappa shape index (κ1) is 24.9. The van der Waals surface area contributed by atoms with Crippen LogP contribution in [0.3, 0.4) is 0 Å². The van der Waals surface area contributed by atoms with Crippen LogP contribution in [0.5, 0.6) is 0 Å². The zero-order chi connectivity index (χ0) is 19.8. The van der Waals surface area contributed by atoms with Crippen LogP contribution in [-0.4, -0.2) is 96.9 Å². The van der Waals surface area contributed by atoms with E-state index in [0.717, 1.165) is 5.56 Å². The smallest absolute Gasteiger partial charge is 1.00 e. The number of carbonyl (C=O) groups is 3. The Balaban J connectivity index is 0. The topological polar surface area (TPSA) is 95.9 Å². The zero-order valence-corrected chi connectivity index (χ0v) is 18.8. The Labute approximate surface area is 198 Å². The maximum Gasteiger partial charge on any atom is 2.00 e. The van der Waals surface area contributed by atoms with Crippen LogP contribution in [0.2, 0.25) is 0 Å². The van der Waals surface area contributed by atoms with E-state index in [-0.39, 0.29) is 53.1 Å². The molecule has 0 aliphatic carbocycles. The molecular formula is C20H30CaN2O5. The summed E-state index contributed by atoms with van der Waals surface area (Å²) in [7, 11) is 0. The molecule has 0 saturated carbocycles. The first-order chi connectivity index (χ1) is 12.9. The van der Waals surface area contributed by atoms with E-state index in [2.05, 4.69) is 5.32 Å². The van der Waals surface area contributed by atoms with Gasteiger partial charge in [-0.15, -0.1) is 0 Å². The summed E-state index contributed by atoms with van der Waals surface area (Å²) in [6, 6.07) is 7.69. The fourth-order valence-corrected chi connectivity index (χ4v) is 3.38. The summed E-state index contributed by atoms with van der Waals surface area (Å²) in [5.74, 6) is -1.68. The number of nitrogens with one attached hydrogen (secondary N) is 1. The van der Waals surface area contributed by atoms with Crippen molar-refractivity contribution < 1.29 is 27.1 Å². The quantitative estimate of drug-likeness (QED) is 0.466. The predicted octanol–water partition coefficient (Wildman–Crippen LogP) is 1.45. The van der Waals surface area contributed by atoms with Crippen molar-refractivity contribution in [2.24, 2.45) is 0 Å². The number of carbonyl (C=O) groups excluding carboxylic acids is 2. The van der Waals surface area contributed by atoms with E-state index in [1.165, 1.54) is 4.90 Å². The van der Waals surface area contributed by atoms with Crippen LogP contribution < -0.4 is 5.32 Å². The van der Waals surface area contributed by atoms with Crippen molar-refractivity contribution in [2.75, 3.05) is 13.2 Å². The Hall–Kier alpha value is -1.15. The summed E-state index contributed by atoms with van der Waals surface area (Å²) in [5, 5.41) is 12.3. The van der Waals surface area contributed by atoms with Crippen LogP contribution in [0, 0.1) is 0 Å². The van der Waals surface area contributed by atoms with Crippen molar-refractivity contribution >= 4 is 55.6 Å². The van der Waals surface area contributed by atoms with E-state index in [9.17, 15) is 19.5 Å². The fourth-order valence-electron chi connectivity index (χ4n) is 3.38. The molecule has 8 heteroatoms. The monoisotopic (exact) mass is 418 g/mol. The van der Waals surface area contributed by atoms with Gasteiger partial charge in [-0.2, -0.15) is 0 Å². The molecule has 2 rings (SSSR count). The van der Waals surface area contributed by atoms with E-state index in [1.807, 2.05) is 30.3 Å². The molecule has 0 unspecified atom stereocenters. The van der Waals surface area contributed by atoms with Crippen molar-refractivity contribution in [3.8, 4) is 0 Å². The van der Waals surface area contributed by atoms with Crippen LogP contribution in [0.25, 0.3) is 0 Å². The summed E-state index contributed by atoms with van der Waals surface area (Å²) in [5.41, 5.74) is 1.10. The molecule has 1 aliphatic heterocycles. The third-order valence-corrected chi connectivity index (χ3v) is 4.78. The van der Waals surface area contributed by atoms with E-state index in [0.29, 0.717) is 32.2 Å². The molecule has 3 atom stereocenters. The molecule has 1 amide bonds. The van der Waals surface area contributed by atoms with Gasteiger partial charge < -0.3 is 17.6 Å². The number of benzene rings is 1. The standard InChI is InChI=1S/C20H28N2O5.Ca.2H/c1-3-27-20(26)16(12-11-15-8-5-4-6-9-15)21-14(2)18(23)22-13-7-10-17(22)19(24)25;;;/h4-6,8-9,14,16-17,21H,3,7,10-13H2,1-2H3,(H,24,25);;;/q;+2;2*-1/t14-,16-,17-;;;/m0.../s1. The normalized spacial score (nSPS) is 18.1. The van der Waals surface area contributed by atoms with Crippen LogP contribution in [-0.2, 0) is 25.5 Å². The van der Waals surface area contributed by atoms with Gasteiger partial charge in [0.05, 0.1) is 12.6 Å². The second-order valence-corrected chi connectivity index (χ2v) is 6.75. The van der Waals surface area contributed by atoms with Crippen molar-refractivity contribution in [1.29, 1.82) is 0 Å². The SMILES string of the molecule is CCOC(=O)[C@H](CCc1ccccc1)N[C@@H](C)C(=O)N1CCC[C@H]1C(=O)O.[Ca+2].[H-].[H-]. The van der Waals surface area contributed by atoms with Crippen LogP contribution in [0.15, 0.2) is 30.3 Å². The zero-order valence-electron chi connectivity index (χ0n) is 18.6. The van der Waals surface area contributed by atoms with Crippen molar-refractivity contribution in [2.45, 2.75) is 57.7 Å². The number of aliphatic carboxylic acids is 1. The van der Waals surface area contributed by atoms with Crippen molar-refractivity contribution in [3.05, 3.63) is 35.9 Å². The Morgan fingerprint density at radius 2 is 2.00 bits per heavy atom. The summed E-state index contributed by atoms with van der Waals surface area (Å²) in [6.07, 6.45) is 2.29. The van der Waals surface area contributed by atoms with E-state index in [1.54, 1.807) is 13.8 Å². The molecule has 152 valence electrons. The molecule has 0 radical (unpaired) electrons. The summed E-state index contributed by atoms with van der Waals surface area (Å²) in [4.78, 5) is 37.7. The van der Waals surface area contributed by atoms with Crippen LogP contribution in [0.1, 0.15) is 41.5 Å². The molecule has 1 aromatic carbocycles. The molecular weight excluding hydrogens is 388 g/mol. The minimum Gasteiger partial charge on any atom is -1.00 e. The number of ether oxygens (including phenoxy) is 1. The number of esters is 1. The van der Waals surface area contributed by atoms with Gasteiger partial charge in [0.2, 0.25) is 5.91 Å². The average molecular weight is 419 g/mol. The Bertz CT molecular complexity index is 666. The average Bonchev–Trinajstić information content (AvgIpc) is 3.15. The molecule has 1 saturated heterocycles. The Morgan fingerprint density at radius 3 is 2.61 bits per heavy atom. The molecule has 0 bridgehead atoms. The van der Waals surface area contributed by atoms with Crippen molar-refractivity contribution in [3.63, 3.8) is 0 Å². The summed E-state index contributed by atoms with van der Waals surface area (Å²) >= 11 is 0. The third-order valence-electron chi connectivity index (χ3n) is 4.78. The molecule has 1 heterocycles. The van der Waals surface area contributed by atoms with Crippen molar-refractivity contribution in [1.82, 2.24) is 10.2 Å². The molecule has 0 spiro atoms. The van der Waals surface area contributed by atoms with Crippen LogP contribution in [0.4, 0.5) is 0 Å². The number of aryl methyl sites for hydroxylation is 1. The second kappa shape index (κ2) is 12.4. The number of rotatable bonds is 9. The molecule has 0 aromatic heterocycles. The van der Waals surface area contributed by atoms with Gasteiger partial charge in [-0.1, -0.05) is 30.3 Å². The van der Waals surface area contributed by atoms with Gasteiger partial charge in [-0.05, 0) is 45.1 Å². The van der Waals surface area contributed by atoms with Gasteiger partial charge in [0.25, 0.3) is 0 Å². The maximum atomic E-state index is 12.7. The Kier molecular flexibility index (Phi) is 11.0. The van der Waals surface area contributed by atoms with Gasteiger partial charge in [0.15, 0.2) is 0 Å². The van der Waals surface area contributed by atoms with Gasteiger partial charge in [0, 0.05) is 6.54 Å².